The van der Waals surface area contributed by atoms with Gasteiger partial charge in [0, 0.05) is 43.4 Å². The van der Waals surface area contributed by atoms with Gasteiger partial charge in [-0.25, -0.2) is 4.79 Å². The normalized spacial score (nSPS) is 17.8. The minimum Gasteiger partial charge on any atom is -0.338 e. The summed E-state index contributed by atoms with van der Waals surface area (Å²) in [5.74, 6) is 1.92. The van der Waals surface area contributed by atoms with Crippen LogP contribution < -0.4 is 5.32 Å². The maximum absolute atomic E-state index is 12.6. The monoisotopic (exact) mass is 344 g/mol. The summed E-state index contributed by atoms with van der Waals surface area (Å²) in [5.41, 5.74) is 3.62. The molecule has 2 aromatic rings. The molecule has 3 rings (SSSR count). The van der Waals surface area contributed by atoms with E-state index >= 15 is 0 Å². The molecule has 128 valence electrons. The van der Waals surface area contributed by atoms with Gasteiger partial charge in [0.2, 0.25) is 0 Å². The first-order chi connectivity index (χ1) is 11.6. The van der Waals surface area contributed by atoms with Crippen LogP contribution in [0.25, 0.3) is 0 Å². The van der Waals surface area contributed by atoms with E-state index in [1.165, 1.54) is 11.1 Å². The number of aryl methyl sites for hydroxylation is 2. The molecule has 1 aromatic carbocycles. The van der Waals surface area contributed by atoms with Crippen molar-refractivity contribution in [1.29, 1.82) is 0 Å². The molecule has 1 N–H and O–H groups in total. The highest BCUT2D eigenvalue weighted by Gasteiger charge is 2.28. The number of carbonyl (C=O) groups is 1. The molecule has 0 saturated carbocycles. The molecule has 5 nitrogen and oxygen atoms in total. The summed E-state index contributed by atoms with van der Waals surface area (Å²) in [5, 5.41) is 7.32. The molecule has 2 heterocycles. The molecule has 1 aliphatic heterocycles. The zero-order valence-corrected chi connectivity index (χ0v) is 15.1. The fraction of sp³-hybridized carbons (Fsp3) is 0.444. The van der Waals surface area contributed by atoms with Crippen LogP contribution in [0.5, 0.6) is 0 Å². The summed E-state index contributed by atoms with van der Waals surface area (Å²) in [7, 11) is 1.91. The van der Waals surface area contributed by atoms with Crippen LogP contribution in [0.1, 0.15) is 22.7 Å². The largest absolute Gasteiger partial charge is 0.338 e. The number of benzene rings is 1. The smallest absolute Gasteiger partial charge is 0.317 e. The molecule has 1 aliphatic rings. The van der Waals surface area contributed by atoms with Crippen LogP contribution >= 0.6 is 11.8 Å². The van der Waals surface area contributed by atoms with Gasteiger partial charge < -0.3 is 10.2 Å². The summed E-state index contributed by atoms with van der Waals surface area (Å²) < 4.78 is 1.79. The molecule has 0 aliphatic carbocycles. The number of carbonyl (C=O) groups excluding carboxylic acids is 1. The van der Waals surface area contributed by atoms with Gasteiger partial charge in [0.1, 0.15) is 0 Å². The molecule has 6 heteroatoms. The van der Waals surface area contributed by atoms with Gasteiger partial charge in [-0.3, -0.25) is 4.68 Å². The molecule has 0 radical (unpaired) electrons. The van der Waals surface area contributed by atoms with Crippen molar-refractivity contribution in [2.24, 2.45) is 7.05 Å². The minimum atomic E-state index is 0.0243. The van der Waals surface area contributed by atoms with E-state index in [4.69, 9.17) is 0 Å². The number of amides is 2. The number of rotatable bonds is 4. The van der Waals surface area contributed by atoms with Crippen LogP contribution in [0.15, 0.2) is 36.7 Å². The van der Waals surface area contributed by atoms with Gasteiger partial charge in [0.05, 0.1) is 12.2 Å². The van der Waals surface area contributed by atoms with E-state index in [-0.39, 0.29) is 12.1 Å². The first-order valence-corrected chi connectivity index (χ1v) is 9.45. The quantitative estimate of drug-likeness (QED) is 0.928. The lowest BCUT2D eigenvalue weighted by Gasteiger charge is -2.34. The molecule has 1 atom stereocenters. The topological polar surface area (TPSA) is 50.2 Å². The summed E-state index contributed by atoms with van der Waals surface area (Å²) in [4.78, 5) is 14.6. The summed E-state index contributed by atoms with van der Waals surface area (Å²) >= 11 is 1.89. The predicted molar refractivity (Wildman–Crippen MR) is 98.3 cm³/mol. The van der Waals surface area contributed by atoms with Crippen molar-refractivity contribution in [1.82, 2.24) is 20.0 Å². The molecule has 0 unspecified atom stereocenters. The Bertz CT molecular complexity index is 683. The molecule has 2 amide bonds. The minimum absolute atomic E-state index is 0.0243. The average molecular weight is 344 g/mol. The number of aromatic nitrogens is 2. The van der Waals surface area contributed by atoms with E-state index in [1.807, 2.05) is 36.1 Å². The van der Waals surface area contributed by atoms with Gasteiger partial charge in [0.25, 0.3) is 0 Å². The van der Waals surface area contributed by atoms with Crippen molar-refractivity contribution in [3.8, 4) is 0 Å². The Kier molecular flexibility index (Phi) is 5.45. The highest BCUT2D eigenvalue weighted by atomic mass is 32.2. The van der Waals surface area contributed by atoms with E-state index in [1.54, 1.807) is 4.68 Å². The Morgan fingerprint density at radius 1 is 1.38 bits per heavy atom. The fourth-order valence-electron chi connectivity index (χ4n) is 2.91. The van der Waals surface area contributed by atoms with E-state index in [2.05, 4.69) is 41.6 Å². The Morgan fingerprint density at radius 3 is 2.88 bits per heavy atom. The third kappa shape index (κ3) is 4.12. The lowest BCUT2D eigenvalue weighted by Crippen LogP contribution is -2.46. The second-order valence-electron chi connectivity index (χ2n) is 6.20. The van der Waals surface area contributed by atoms with Gasteiger partial charge in [-0.1, -0.05) is 29.8 Å². The molecule has 0 bridgehead atoms. The van der Waals surface area contributed by atoms with Gasteiger partial charge in [0.15, 0.2) is 0 Å². The van der Waals surface area contributed by atoms with E-state index < -0.39 is 0 Å². The summed E-state index contributed by atoms with van der Waals surface area (Å²) in [6.45, 7) is 3.52. The second kappa shape index (κ2) is 7.75. The molecular formula is C18H24N4OS. The first-order valence-electron chi connectivity index (χ1n) is 8.30. The van der Waals surface area contributed by atoms with Crippen molar-refractivity contribution < 1.29 is 4.79 Å². The Hall–Kier alpha value is -1.95. The number of hydrogen-bond donors (Lipinski definition) is 1. The third-order valence-electron chi connectivity index (χ3n) is 4.31. The Labute approximate surface area is 147 Å². The number of nitrogens with one attached hydrogen (secondary N) is 1. The SMILES string of the molecule is Cc1ccc(CCNC(=O)N2CCSC[C@@H]2c2cnn(C)c2)cc1. The van der Waals surface area contributed by atoms with Gasteiger partial charge >= 0.3 is 6.03 Å². The number of urea groups is 1. The molecule has 1 saturated heterocycles. The maximum Gasteiger partial charge on any atom is 0.317 e. The van der Waals surface area contributed by atoms with Crippen LogP contribution in [0, 0.1) is 6.92 Å². The lowest BCUT2D eigenvalue weighted by atomic mass is 10.1. The highest BCUT2D eigenvalue weighted by molar-refractivity contribution is 7.99. The van der Waals surface area contributed by atoms with Crippen LogP contribution in [0.2, 0.25) is 0 Å². The average Bonchev–Trinajstić information content (AvgIpc) is 3.03. The predicted octanol–water partition coefficient (Wildman–Crippen LogP) is 2.77. The lowest BCUT2D eigenvalue weighted by molar-refractivity contribution is 0.183. The highest BCUT2D eigenvalue weighted by Crippen LogP contribution is 2.29. The Balaban J connectivity index is 1.57. The van der Waals surface area contributed by atoms with Crippen LogP contribution in [-0.2, 0) is 13.5 Å². The first kappa shape index (κ1) is 16.9. The molecule has 24 heavy (non-hydrogen) atoms. The standard InChI is InChI=1S/C18H24N4OS/c1-14-3-5-15(6-4-14)7-8-19-18(23)22-9-10-24-13-17(22)16-11-20-21(2)12-16/h3-6,11-12,17H,7-10,13H2,1-2H3,(H,19,23)/t17-/m1/s1. The van der Waals surface area contributed by atoms with E-state index in [9.17, 15) is 4.79 Å². The van der Waals surface area contributed by atoms with Crippen LogP contribution in [0.3, 0.4) is 0 Å². The van der Waals surface area contributed by atoms with E-state index in [0.717, 1.165) is 30.0 Å². The summed E-state index contributed by atoms with van der Waals surface area (Å²) in [6, 6.07) is 8.59. The van der Waals surface area contributed by atoms with Gasteiger partial charge in [-0.15, -0.1) is 0 Å². The summed E-state index contributed by atoms with van der Waals surface area (Å²) in [6.07, 6.45) is 4.72. The van der Waals surface area contributed by atoms with Crippen molar-refractivity contribution in [2.45, 2.75) is 19.4 Å². The van der Waals surface area contributed by atoms with Crippen molar-refractivity contribution in [3.05, 3.63) is 53.3 Å². The Morgan fingerprint density at radius 2 is 2.17 bits per heavy atom. The fourth-order valence-corrected chi connectivity index (χ4v) is 3.99. The van der Waals surface area contributed by atoms with Gasteiger partial charge in [-0.2, -0.15) is 16.9 Å². The van der Waals surface area contributed by atoms with Crippen molar-refractivity contribution in [3.63, 3.8) is 0 Å². The van der Waals surface area contributed by atoms with E-state index in [0.29, 0.717) is 6.54 Å². The molecule has 1 aromatic heterocycles. The van der Waals surface area contributed by atoms with Crippen LogP contribution in [-0.4, -0.2) is 45.3 Å². The zero-order valence-electron chi connectivity index (χ0n) is 14.2. The second-order valence-corrected chi connectivity index (χ2v) is 7.35. The third-order valence-corrected chi connectivity index (χ3v) is 5.33. The van der Waals surface area contributed by atoms with Crippen molar-refractivity contribution >= 4 is 17.8 Å². The molecular weight excluding hydrogens is 320 g/mol. The van der Waals surface area contributed by atoms with Crippen molar-refractivity contribution in [2.75, 3.05) is 24.6 Å². The number of thioether (sulfide) groups is 1. The number of hydrogen-bond acceptors (Lipinski definition) is 3. The molecule has 1 fully saturated rings. The zero-order chi connectivity index (χ0) is 16.9. The molecule has 0 spiro atoms. The van der Waals surface area contributed by atoms with Gasteiger partial charge in [-0.05, 0) is 18.9 Å². The maximum atomic E-state index is 12.6. The van der Waals surface area contributed by atoms with Crippen LogP contribution in [0.4, 0.5) is 4.79 Å². The number of nitrogens with zero attached hydrogens (tertiary/aromatic N) is 3.